The zero-order chi connectivity index (χ0) is 7.28. The molecule has 0 aliphatic heterocycles. The van der Waals surface area contributed by atoms with E-state index in [1.165, 1.54) is 0 Å². The molecule has 3 nitrogen and oxygen atoms in total. The first kappa shape index (κ1) is 8.78. The van der Waals surface area contributed by atoms with Crippen LogP contribution in [0.1, 0.15) is 6.92 Å². The van der Waals surface area contributed by atoms with Gasteiger partial charge in [-0.25, -0.2) is 0 Å². The van der Waals surface area contributed by atoms with Crippen LogP contribution < -0.4 is 5.32 Å². The quantitative estimate of drug-likeness (QED) is 0.492. The van der Waals surface area contributed by atoms with Crippen molar-refractivity contribution >= 4 is 18.6 Å². The standard InChI is InChI=1S/C5H11NO2S/c1-2-6-3-4(9)5(7)8/h4,6,9H,2-3H2,1H3,(H,7,8). The van der Waals surface area contributed by atoms with Crippen LogP contribution in [0, 0.1) is 0 Å². The molecule has 9 heavy (non-hydrogen) atoms. The maximum absolute atomic E-state index is 10.1. The summed E-state index contributed by atoms with van der Waals surface area (Å²) in [5.41, 5.74) is 0. The summed E-state index contributed by atoms with van der Waals surface area (Å²) in [5.74, 6) is -0.876. The summed E-state index contributed by atoms with van der Waals surface area (Å²) in [6.07, 6.45) is 0. The number of hydrogen-bond donors (Lipinski definition) is 3. The molecule has 0 aliphatic carbocycles. The van der Waals surface area contributed by atoms with Crippen LogP contribution in [0.5, 0.6) is 0 Å². The van der Waals surface area contributed by atoms with E-state index in [1.54, 1.807) is 0 Å². The molecule has 0 amide bonds. The van der Waals surface area contributed by atoms with Crippen molar-refractivity contribution in [1.29, 1.82) is 0 Å². The first-order chi connectivity index (χ1) is 4.18. The Hall–Kier alpha value is -0.220. The minimum atomic E-state index is -0.876. The van der Waals surface area contributed by atoms with E-state index >= 15 is 0 Å². The fourth-order valence-corrected chi connectivity index (χ4v) is 0.497. The Labute approximate surface area is 59.9 Å². The second kappa shape index (κ2) is 4.64. The van der Waals surface area contributed by atoms with Crippen LogP contribution in [0.4, 0.5) is 0 Å². The summed E-state index contributed by atoms with van der Waals surface area (Å²) < 4.78 is 0. The molecule has 0 rings (SSSR count). The van der Waals surface area contributed by atoms with Crippen molar-refractivity contribution in [3.8, 4) is 0 Å². The van der Waals surface area contributed by atoms with E-state index in [0.717, 1.165) is 6.54 Å². The molecule has 4 heteroatoms. The van der Waals surface area contributed by atoms with Crippen molar-refractivity contribution in [1.82, 2.24) is 5.32 Å². The Morgan fingerprint density at radius 3 is 2.78 bits per heavy atom. The average molecular weight is 149 g/mol. The lowest BCUT2D eigenvalue weighted by Crippen LogP contribution is -2.28. The van der Waals surface area contributed by atoms with E-state index in [1.807, 2.05) is 6.92 Å². The SMILES string of the molecule is CCNCC(S)C(=O)O. The minimum Gasteiger partial charge on any atom is -0.480 e. The summed E-state index contributed by atoms with van der Waals surface area (Å²) >= 11 is 3.80. The molecule has 0 fully saturated rings. The number of aliphatic carboxylic acids is 1. The molecule has 0 spiro atoms. The highest BCUT2D eigenvalue weighted by atomic mass is 32.1. The second-order valence-electron chi connectivity index (χ2n) is 1.66. The monoisotopic (exact) mass is 149 g/mol. The molecular weight excluding hydrogens is 138 g/mol. The van der Waals surface area contributed by atoms with Crippen LogP contribution in [0.2, 0.25) is 0 Å². The van der Waals surface area contributed by atoms with Crippen molar-refractivity contribution in [2.45, 2.75) is 12.2 Å². The first-order valence-corrected chi connectivity index (χ1v) is 3.31. The highest BCUT2D eigenvalue weighted by Gasteiger charge is 2.09. The van der Waals surface area contributed by atoms with Gasteiger partial charge in [-0.2, -0.15) is 12.6 Å². The van der Waals surface area contributed by atoms with Crippen molar-refractivity contribution in [2.24, 2.45) is 0 Å². The largest absolute Gasteiger partial charge is 0.480 e. The van der Waals surface area contributed by atoms with E-state index in [-0.39, 0.29) is 0 Å². The van der Waals surface area contributed by atoms with Gasteiger partial charge in [-0.05, 0) is 6.54 Å². The minimum absolute atomic E-state index is 0.426. The first-order valence-electron chi connectivity index (χ1n) is 2.80. The highest BCUT2D eigenvalue weighted by Crippen LogP contribution is 1.90. The van der Waals surface area contributed by atoms with Gasteiger partial charge in [0, 0.05) is 6.54 Å². The summed E-state index contributed by atoms with van der Waals surface area (Å²) in [6.45, 7) is 3.13. The van der Waals surface area contributed by atoms with Gasteiger partial charge in [0.1, 0.15) is 5.25 Å². The molecule has 2 N–H and O–H groups in total. The number of carboxylic acid groups (broad SMARTS) is 1. The number of rotatable bonds is 4. The fourth-order valence-electron chi connectivity index (χ4n) is 0.368. The molecule has 0 saturated heterocycles. The third kappa shape index (κ3) is 4.29. The molecular formula is C5H11NO2S. The van der Waals surface area contributed by atoms with Crippen molar-refractivity contribution in [3.63, 3.8) is 0 Å². The zero-order valence-electron chi connectivity index (χ0n) is 5.29. The Bertz CT molecular complexity index is 97.0. The lowest BCUT2D eigenvalue weighted by molar-refractivity contribution is -0.136. The van der Waals surface area contributed by atoms with Crippen LogP contribution in [0.3, 0.4) is 0 Å². The number of carboxylic acids is 1. The number of hydrogen-bond acceptors (Lipinski definition) is 3. The molecule has 0 heterocycles. The smallest absolute Gasteiger partial charge is 0.317 e. The van der Waals surface area contributed by atoms with E-state index in [4.69, 9.17) is 5.11 Å². The van der Waals surface area contributed by atoms with Crippen LogP contribution in [0.25, 0.3) is 0 Å². The lowest BCUT2D eigenvalue weighted by Gasteiger charge is -2.03. The molecule has 0 aromatic rings. The molecule has 0 radical (unpaired) electrons. The number of carbonyl (C=O) groups is 1. The van der Waals surface area contributed by atoms with Crippen molar-refractivity contribution < 1.29 is 9.90 Å². The lowest BCUT2D eigenvalue weighted by atomic mass is 10.4. The van der Waals surface area contributed by atoms with Crippen LogP contribution in [0.15, 0.2) is 0 Å². The highest BCUT2D eigenvalue weighted by molar-refractivity contribution is 7.81. The van der Waals surface area contributed by atoms with Crippen LogP contribution >= 0.6 is 12.6 Å². The summed E-state index contributed by atoms with van der Waals surface area (Å²) in [4.78, 5) is 10.1. The number of thiol groups is 1. The average Bonchev–Trinajstić information content (AvgIpc) is 1.82. The van der Waals surface area contributed by atoms with Gasteiger partial charge in [-0.1, -0.05) is 6.92 Å². The van der Waals surface area contributed by atoms with E-state index < -0.39 is 11.2 Å². The van der Waals surface area contributed by atoms with Gasteiger partial charge in [0.15, 0.2) is 0 Å². The second-order valence-corrected chi connectivity index (χ2v) is 2.29. The molecule has 0 bridgehead atoms. The Morgan fingerprint density at radius 2 is 2.44 bits per heavy atom. The molecule has 0 saturated carbocycles. The number of nitrogens with one attached hydrogen (secondary N) is 1. The Balaban J connectivity index is 3.27. The summed E-state index contributed by atoms with van der Waals surface area (Å²) in [7, 11) is 0. The summed E-state index contributed by atoms with van der Waals surface area (Å²) in [5, 5.41) is 10.6. The Kier molecular flexibility index (Phi) is 4.53. The van der Waals surface area contributed by atoms with Gasteiger partial charge in [0.2, 0.25) is 0 Å². The molecule has 0 aromatic carbocycles. The molecule has 0 aliphatic rings. The summed E-state index contributed by atoms with van der Waals surface area (Å²) in [6, 6.07) is 0. The van der Waals surface area contributed by atoms with Crippen molar-refractivity contribution in [2.75, 3.05) is 13.1 Å². The van der Waals surface area contributed by atoms with Gasteiger partial charge in [0.05, 0.1) is 0 Å². The van der Waals surface area contributed by atoms with Crippen molar-refractivity contribution in [3.05, 3.63) is 0 Å². The van der Waals surface area contributed by atoms with Gasteiger partial charge >= 0.3 is 5.97 Å². The topological polar surface area (TPSA) is 49.3 Å². The van der Waals surface area contributed by atoms with E-state index in [0.29, 0.717) is 6.54 Å². The maximum Gasteiger partial charge on any atom is 0.317 e. The third-order valence-corrected chi connectivity index (χ3v) is 1.28. The van der Waals surface area contributed by atoms with Gasteiger partial charge < -0.3 is 10.4 Å². The molecule has 0 aromatic heterocycles. The normalized spacial score (nSPS) is 13.1. The van der Waals surface area contributed by atoms with Gasteiger partial charge in [-0.15, -0.1) is 0 Å². The van der Waals surface area contributed by atoms with Gasteiger partial charge in [0.25, 0.3) is 0 Å². The molecule has 1 unspecified atom stereocenters. The Morgan fingerprint density at radius 1 is 1.89 bits per heavy atom. The zero-order valence-corrected chi connectivity index (χ0v) is 6.19. The molecule has 1 atom stereocenters. The predicted molar refractivity (Wildman–Crippen MR) is 39.0 cm³/mol. The predicted octanol–water partition coefficient (Wildman–Crippen LogP) is -0.0211. The van der Waals surface area contributed by atoms with Crippen LogP contribution in [-0.4, -0.2) is 29.4 Å². The van der Waals surface area contributed by atoms with Gasteiger partial charge in [-0.3, -0.25) is 4.79 Å². The van der Waals surface area contributed by atoms with Crippen LogP contribution in [-0.2, 0) is 4.79 Å². The maximum atomic E-state index is 10.1. The molecule has 54 valence electrons. The van der Waals surface area contributed by atoms with E-state index in [9.17, 15) is 4.79 Å². The third-order valence-electron chi connectivity index (χ3n) is 0.873. The fraction of sp³-hybridized carbons (Fsp3) is 0.800. The van der Waals surface area contributed by atoms with E-state index in [2.05, 4.69) is 17.9 Å².